The van der Waals surface area contributed by atoms with Crippen LogP contribution < -0.4 is 10.2 Å². The monoisotopic (exact) mass is 331 g/mol. The van der Waals surface area contributed by atoms with Crippen molar-refractivity contribution < 1.29 is 14.6 Å². The van der Waals surface area contributed by atoms with Crippen molar-refractivity contribution in [2.24, 2.45) is 0 Å². The minimum atomic E-state index is -1.19. The number of carbonyl (C=O) groups is 1. The second-order valence-electron chi connectivity index (χ2n) is 5.99. The highest BCUT2D eigenvalue weighted by atomic mass is 16.5. The Balaban J connectivity index is 2.34. The zero-order valence-electron chi connectivity index (χ0n) is 14.4. The fourth-order valence-corrected chi connectivity index (χ4v) is 2.98. The third-order valence-corrected chi connectivity index (χ3v) is 4.26. The molecule has 1 N–H and O–H groups in total. The lowest BCUT2D eigenvalue weighted by Crippen LogP contribution is -2.19. The van der Waals surface area contributed by atoms with Gasteiger partial charge in [0.05, 0.1) is 18.0 Å². The smallest absolute Gasteiger partial charge is 0.341 e. The number of nitrogens with zero attached hydrogens (tertiary/aromatic N) is 1. The van der Waals surface area contributed by atoms with Crippen LogP contribution in [0.5, 0.6) is 5.75 Å². The minimum absolute atomic E-state index is 0.193. The maximum atomic E-state index is 12.4. The molecule has 24 heavy (non-hydrogen) atoms. The number of para-hydroxylation sites is 1. The number of ether oxygens (including phenoxy) is 1. The van der Waals surface area contributed by atoms with Crippen LogP contribution in [0.1, 0.15) is 55.8 Å². The number of pyridine rings is 1. The normalized spacial score (nSPS) is 10.9. The summed E-state index contributed by atoms with van der Waals surface area (Å²) in [7, 11) is 1.56. The first-order chi connectivity index (χ1) is 11.6. The van der Waals surface area contributed by atoms with E-state index in [4.69, 9.17) is 4.74 Å². The van der Waals surface area contributed by atoms with Crippen LogP contribution in [0, 0.1) is 0 Å². The molecular weight excluding hydrogens is 306 g/mol. The molecule has 0 fully saturated rings. The average Bonchev–Trinajstić information content (AvgIpc) is 2.58. The van der Waals surface area contributed by atoms with E-state index in [1.807, 2.05) is 4.57 Å². The van der Waals surface area contributed by atoms with Gasteiger partial charge in [-0.3, -0.25) is 4.79 Å². The first-order valence-corrected chi connectivity index (χ1v) is 8.53. The Morgan fingerprint density at radius 3 is 2.54 bits per heavy atom. The van der Waals surface area contributed by atoms with Crippen LogP contribution in [0.2, 0.25) is 0 Å². The molecule has 1 heterocycles. The van der Waals surface area contributed by atoms with Gasteiger partial charge >= 0.3 is 5.97 Å². The number of methoxy groups -OCH3 is 1. The zero-order chi connectivity index (χ0) is 17.5. The predicted octanol–water partition coefficient (Wildman–Crippen LogP) is 4.07. The highest BCUT2D eigenvalue weighted by Crippen LogP contribution is 2.24. The number of rotatable bonds is 9. The highest BCUT2D eigenvalue weighted by molar-refractivity contribution is 5.94. The van der Waals surface area contributed by atoms with Crippen molar-refractivity contribution in [2.45, 2.75) is 52.0 Å². The molecule has 130 valence electrons. The van der Waals surface area contributed by atoms with Gasteiger partial charge in [-0.2, -0.15) is 0 Å². The molecule has 1 aromatic heterocycles. The van der Waals surface area contributed by atoms with Gasteiger partial charge in [0.1, 0.15) is 11.3 Å². The molecule has 0 spiro atoms. The Kier molecular flexibility index (Phi) is 6.41. The molecule has 1 aromatic carbocycles. The lowest BCUT2D eigenvalue weighted by atomic mass is 10.1. The Morgan fingerprint density at radius 1 is 1.17 bits per heavy atom. The van der Waals surface area contributed by atoms with Crippen molar-refractivity contribution in [2.75, 3.05) is 7.11 Å². The molecule has 0 saturated heterocycles. The quantitative estimate of drug-likeness (QED) is 0.703. The summed E-state index contributed by atoms with van der Waals surface area (Å²) in [6, 6.07) is 5.16. The number of benzene rings is 1. The third-order valence-electron chi connectivity index (χ3n) is 4.26. The molecule has 0 aliphatic heterocycles. The van der Waals surface area contributed by atoms with Crippen LogP contribution >= 0.6 is 0 Å². The molecule has 0 bridgehead atoms. The Hall–Kier alpha value is -2.30. The van der Waals surface area contributed by atoms with E-state index in [1.54, 1.807) is 25.3 Å². The van der Waals surface area contributed by atoms with Gasteiger partial charge in [0.2, 0.25) is 5.43 Å². The molecular formula is C19H25NO4. The number of aromatic carboxylic acids is 1. The number of carboxylic acids is 1. The van der Waals surface area contributed by atoms with Gasteiger partial charge in [-0.15, -0.1) is 0 Å². The second kappa shape index (κ2) is 8.52. The zero-order valence-corrected chi connectivity index (χ0v) is 14.4. The molecule has 0 aliphatic rings. The van der Waals surface area contributed by atoms with E-state index >= 15 is 0 Å². The van der Waals surface area contributed by atoms with E-state index in [0.717, 1.165) is 12.8 Å². The summed E-state index contributed by atoms with van der Waals surface area (Å²) < 4.78 is 7.22. The molecule has 0 saturated carbocycles. The predicted molar refractivity (Wildman–Crippen MR) is 95.1 cm³/mol. The number of hydrogen-bond donors (Lipinski definition) is 1. The lowest BCUT2D eigenvalue weighted by molar-refractivity contribution is 0.0694. The first kappa shape index (κ1) is 18.0. The second-order valence-corrected chi connectivity index (χ2v) is 5.99. The maximum absolute atomic E-state index is 12.4. The van der Waals surface area contributed by atoms with Crippen LogP contribution in [0.15, 0.2) is 29.2 Å². The summed E-state index contributed by atoms with van der Waals surface area (Å²) in [6.07, 6.45) is 8.34. The van der Waals surface area contributed by atoms with E-state index in [9.17, 15) is 14.7 Å². The molecule has 2 rings (SSSR count). The SMILES string of the molecule is CCCCCCCCn1cc(C(=O)O)c(=O)c2cccc(OC)c21. The van der Waals surface area contributed by atoms with E-state index in [0.29, 0.717) is 23.2 Å². The van der Waals surface area contributed by atoms with Crippen molar-refractivity contribution in [3.63, 3.8) is 0 Å². The Morgan fingerprint density at radius 2 is 1.88 bits per heavy atom. The number of unbranched alkanes of at least 4 members (excludes halogenated alkanes) is 5. The van der Waals surface area contributed by atoms with Crippen LogP contribution in [-0.4, -0.2) is 22.8 Å². The summed E-state index contributed by atoms with van der Waals surface area (Å²) >= 11 is 0. The maximum Gasteiger partial charge on any atom is 0.341 e. The van der Waals surface area contributed by atoms with Gasteiger partial charge in [-0.1, -0.05) is 45.1 Å². The standard InChI is InChI=1S/C19H25NO4/c1-3-4-5-6-7-8-12-20-13-15(19(22)23)18(21)14-10-9-11-16(24-2)17(14)20/h9-11,13H,3-8,12H2,1-2H3,(H,22,23). The largest absolute Gasteiger partial charge is 0.495 e. The molecule has 0 radical (unpaired) electrons. The van der Waals surface area contributed by atoms with Gasteiger partial charge in [0.15, 0.2) is 0 Å². The van der Waals surface area contributed by atoms with Crippen LogP contribution in [0.25, 0.3) is 10.9 Å². The van der Waals surface area contributed by atoms with Gasteiger partial charge < -0.3 is 14.4 Å². The van der Waals surface area contributed by atoms with E-state index < -0.39 is 11.4 Å². The molecule has 2 aromatic rings. The van der Waals surface area contributed by atoms with Crippen molar-refractivity contribution in [1.29, 1.82) is 0 Å². The summed E-state index contributed by atoms with van der Waals surface area (Å²) in [5, 5.41) is 9.69. The fraction of sp³-hybridized carbons (Fsp3) is 0.474. The average molecular weight is 331 g/mol. The van der Waals surface area contributed by atoms with Crippen molar-refractivity contribution in [3.8, 4) is 5.75 Å². The van der Waals surface area contributed by atoms with Gasteiger partial charge in [-0.05, 0) is 18.6 Å². The van der Waals surface area contributed by atoms with Gasteiger partial charge in [-0.25, -0.2) is 4.79 Å². The fourth-order valence-electron chi connectivity index (χ4n) is 2.98. The number of hydrogen-bond acceptors (Lipinski definition) is 3. The molecule has 0 atom stereocenters. The minimum Gasteiger partial charge on any atom is -0.495 e. The topological polar surface area (TPSA) is 68.5 Å². The molecule has 5 heteroatoms. The first-order valence-electron chi connectivity index (χ1n) is 8.53. The summed E-state index contributed by atoms with van der Waals surface area (Å²) in [5.41, 5.74) is 0.0147. The van der Waals surface area contributed by atoms with E-state index in [1.165, 1.54) is 31.9 Å². The number of aryl methyl sites for hydroxylation is 1. The highest BCUT2D eigenvalue weighted by Gasteiger charge is 2.16. The van der Waals surface area contributed by atoms with Crippen LogP contribution in [0.3, 0.4) is 0 Å². The molecule has 0 unspecified atom stereocenters. The number of fused-ring (bicyclic) bond motifs is 1. The number of aromatic nitrogens is 1. The third kappa shape index (κ3) is 3.96. The van der Waals surface area contributed by atoms with Crippen molar-refractivity contribution in [3.05, 3.63) is 40.2 Å². The lowest BCUT2D eigenvalue weighted by Gasteiger charge is -2.15. The van der Waals surface area contributed by atoms with E-state index in [2.05, 4.69) is 6.92 Å². The van der Waals surface area contributed by atoms with E-state index in [-0.39, 0.29) is 5.56 Å². The molecule has 0 aliphatic carbocycles. The van der Waals surface area contributed by atoms with Crippen molar-refractivity contribution >= 4 is 16.9 Å². The van der Waals surface area contributed by atoms with Crippen LogP contribution in [0.4, 0.5) is 0 Å². The summed E-state index contributed by atoms with van der Waals surface area (Å²) in [5.74, 6) is -0.603. The van der Waals surface area contributed by atoms with Gasteiger partial charge in [0.25, 0.3) is 0 Å². The Labute approximate surface area is 141 Å². The molecule has 5 nitrogen and oxygen atoms in total. The Bertz CT molecular complexity index is 764. The summed E-state index contributed by atoms with van der Waals surface area (Å²) in [6.45, 7) is 2.86. The molecule has 0 amide bonds. The number of carboxylic acid groups (broad SMARTS) is 1. The van der Waals surface area contributed by atoms with Gasteiger partial charge in [0, 0.05) is 12.7 Å². The van der Waals surface area contributed by atoms with Crippen molar-refractivity contribution in [1.82, 2.24) is 4.57 Å². The van der Waals surface area contributed by atoms with Crippen LogP contribution in [-0.2, 0) is 6.54 Å². The summed E-state index contributed by atoms with van der Waals surface area (Å²) in [4.78, 5) is 23.8.